The molecule has 0 saturated heterocycles. The van der Waals surface area contributed by atoms with Crippen LogP contribution in [0.1, 0.15) is 69.8 Å². The van der Waals surface area contributed by atoms with E-state index in [9.17, 15) is 14.4 Å². The van der Waals surface area contributed by atoms with Crippen molar-refractivity contribution in [1.82, 2.24) is 5.32 Å². The molecule has 5 nitrogen and oxygen atoms in total. The Hall–Kier alpha value is -3.73. The van der Waals surface area contributed by atoms with E-state index in [0.29, 0.717) is 16.7 Å². The standard InChI is InChI=1S/C29H31NO4/c1-19-11-12-23(17-20(19)2)26(32)27(21-9-7-6-8-10-21)34-25(31)18-30-28(33)22-13-15-24(16-14-22)29(3,4)5/h6-17,27H,18H2,1-5H3,(H,30,33). The van der Waals surface area contributed by atoms with Gasteiger partial charge in [-0.25, -0.2) is 0 Å². The normalized spacial score (nSPS) is 12.0. The summed E-state index contributed by atoms with van der Waals surface area (Å²) < 4.78 is 5.57. The molecule has 1 atom stereocenters. The second kappa shape index (κ2) is 10.5. The molecule has 34 heavy (non-hydrogen) atoms. The minimum atomic E-state index is -1.10. The smallest absolute Gasteiger partial charge is 0.326 e. The minimum Gasteiger partial charge on any atom is -0.448 e. The number of esters is 1. The molecular weight excluding hydrogens is 426 g/mol. The van der Waals surface area contributed by atoms with E-state index in [4.69, 9.17) is 4.74 Å². The maximum absolute atomic E-state index is 13.3. The van der Waals surface area contributed by atoms with Gasteiger partial charge in [0.25, 0.3) is 5.91 Å². The fourth-order valence-corrected chi connectivity index (χ4v) is 3.50. The lowest BCUT2D eigenvalue weighted by Gasteiger charge is -2.19. The molecule has 0 aliphatic rings. The van der Waals surface area contributed by atoms with Crippen LogP contribution in [-0.2, 0) is 14.9 Å². The molecule has 0 aromatic heterocycles. The van der Waals surface area contributed by atoms with Crippen molar-refractivity contribution in [3.63, 3.8) is 0 Å². The van der Waals surface area contributed by atoms with E-state index in [1.54, 1.807) is 48.5 Å². The van der Waals surface area contributed by atoms with Crippen molar-refractivity contribution in [1.29, 1.82) is 0 Å². The van der Waals surface area contributed by atoms with E-state index in [2.05, 4.69) is 26.1 Å². The molecule has 0 saturated carbocycles. The third-order valence-corrected chi connectivity index (χ3v) is 5.79. The maximum Gasteiger partial charge on any atom is 0.326 e. The van der Waals surface area contributed by atoms with Gasteiger partial charge in [-0.2, -0.15) is 0 Å². The van der Waals surface area contributed by atoms with E-state index < -0.39 is 12.1 Å². The zero-order valence-electron chi connectivity index (χ0n) is 20.3. The lowest BCUT2D eigenvalue weighted by Crippen LogP contribution is -2.32. The van der Waals surface area contributed by atoms with Gasteiger partial charge in [0.1, 0.15) is 6.54 Å². The number of ketones is 1. The van der Waals surface area contributed by atoms with Crippen molar-refractivity contribution in [2.24, 2.45) is 0 Å². The number of hydrogen-bond acceptors (Lipinski definition) is 4. The van der Waals surface area contributed by atoms with Gasteiger partial charge < -0.3 is 10.1 Å². The summed E-state index contributed by atoms with van der Waals surface area (Å²) >= 11 is 0. The molecule has 5 heteroatoms. The van der Waals surface area contributed by atoms with E-state index in [1.165, 1.54) is 0 Å². The highest BCUT2D eigenvalue weighted by atomic mass is 16.5. The molecule has 3 aromatic carbocycles. The molecule has 0 radical (unpaired) electrons. The topological polar surface area (TPSA) is 72.5 Å². The van der Waals surface area contributed by atoms with E-state index in [1.807, 2.05) is 38.1 Å². The van der Waals surface area contributed by atoms with Gasteiger partial charge in [-0.15, -0.1) is 0 Å². The highest BCUT2D eigenvalue weighted by Gasteiger charge is 2.26. The monoisotopic (exact) mass is 457 g/mol. The number of Topliss-reactive ketones (excluding diaryl/α,β-unsaturated/α-hetero) is 1. The summed E-state index contributed by atoms with van der Waals surface area (Å²) in [5.41, 5.74) is 4.63. The number of carbonyl (C=O) groups excluding carboxylic acids is 3. The number of ether oxygens (including phenoxy) is 1. The van der Waals surface area contributed by atoms with Crippen LogP contribution >= 0.6 is 0 Å². The summed E-state index contributed by atoms with van der Waals surface area (Å²) in [6.45, 7) is 9.85. The van der Waals surface area contributed by atoms with Crippen LogP contribution in [0.5, 0.6) is 0 Å². The van der Waals surface area contributed by atoms with Gasteiger partial charge in [-0.05, 0) is 54.2 Å². The highest BCUT2D eigenvalue weighted by molar-refractivity contribution is 6.01. The Labute approximate surface area is 201 Å². The van der Waals surface area contributed by atoms with Crippen molar-refractivity contribution in [3.05, 3.63) is 106 Å². The average molecular weight is 458 g/mol. The fourth-order valence-electron chi connectivity index (χ4n) is 3.50. The predicted octanol–water partition coefficient (Wildman–Crippen LogP) is 5.50. The van der Waals surface area contributed by atoms with Crippen LogP contribution < -0.4 is 5.32 Å². The summed E-state index contributed by atoms with van der Waals surface area (Å²) in [6, 6.07) is 21.6. The number of aryl methyl sites for hydroxylation is 2. The van der Waals surface area contributed by atoms with Crippen molar-refractivity contribution >= 4 is 17.7 Å². The van der Waals surface area contributed by atoms with Gasteiger partial charge in [-0.1, -0.05) is 75.4 Å². The largest absolute Gasteiger partial charge is 0.448 e. The van der Waals surface area contributed by atoms with E-state index in [-0.39, 0.29) is 23.7 Å². The van der Waals surface area contributed by atoms with E-state index in [0.717, 1.165) is 16.7 Å². The Morgan fingerprint density at radius 3 is 2.03 bits per heavy atom. The number of nitrogens with one attached hydrogen (secondary N) is 1. The molecular formula is C29H31NO4. The van der Waals surface area contributed by atoms with Gasteiger partial charge in [0.2, 0.25) is 5.78 Å². The Balaban J connectivity index is 1.70. The Morgan fingerprint density at radius 2 is 1.44 bits per heavy atom. The van der Waals surface area contributed by atoms with Gasteiger partial charge in [-0.3, -0.25) is 14.4 Å². The van der Waals surface area contributed by atoms with Gasteiger partial charge in [0.05, 0.1) is 0 Å². The molecule has 1 unspecified atom stereocenters. The second-order valence-corrected chi connectivity index (χ2v) is 9.45. The Kier molecular flexibility index (Phi) is 7.67. The Morgan fingerprint density at radius 1 is 0.824 bits per heavy atom. The quantitative estimate of drug-likeness (QED) is 0.376. The van der Waals surface area contributed by atoms with Crippen LogP contribution in [0.15, 0.2) is 72.8 Å². The lowest BCUT2D eigenvalue weighted by molar-refractivity contribution is -0.146. The maximum atomic E-state index is 13.3. The van der Waals surface area contributed by atoms with Crippen LogP contribution in [-0.4, -0.2) is 24.2 Å². The lowest BCUT2D eigenvalue weighted by atomic mass is 9.87. The molecule has 0 fully saturated rings. The number of amides is 1. The predicted molar refractivity (Wildman–Crippen MR) is 133 cm³/mol. The molecule has 3 aromatic rings. The number of hydrogen-bond donors (Lipinski definition) is 1. The van der Waals surface area contributed by atoms with Crippen LogP contribution in [0.3, 0.4) is 0 Å². The highest BCUT2D eigenvalue weighted by Crippen LogP contribution is 2.24. The average Bonchev–Trinajstić information content (AvgIpc) is 2.82. The first-order valence-corrected chi connectivity index (χ1v) is 11.3. The van der Waals surface area contributed by atoms with Gasteiger partial charge >= 0.3 is 5.97 Å². The van der Waals surface area contributed by atoms with Crippen molar-refractivity contribution < 1.29 is 19.1 Å². The van der Waals surface area contributed by atoms with E-state index >= 15 is 0 Å². The van der Waals surface area contributed by atoms with Crippen LogP contribution in [0, 0.1) is 13.8 Å². The Bertz CT molecular complexity index is 1180. The molecule has 1 amide bonds. The second-order valence-electron chi connectivity index (χ2n) is 9.45. The zero-order valence-corrected chi connectivity index (χ0v) is 20.3. The molecule has 0 bridgehead atoms. The fraction of sp³-hybridized carbons (Fsp3) is 0.276. The van der Waals surface area contributed by atoms with Gasteiger partial charge in [0.15, 0.2) is 6.10 Å². The third kappa shape index (κ3) is 6.19. The van der Waals surface area contributed by atoms with Gasteiger partial charge in [0, 0.05) is 16.7 Å². The van der Waals surface area contributed by atoms with Crippen LogP contribution in [0.25, 0.3) is 0 Å². The van der Waals surface area contributed by atoms with Crippen molar-refractivity contribution in [2.75, 3.05) is 6.54 Å². The minimum absolute atomic E-state index is 0.0200. The molecule has 3 rings (SSSR count). The summed E-state index contributed by atoms with van der Waals surface area (Å²) in [5, 5.41) is 2.58. The molecule has 0 aliphatic carbocycles. The first-order valence-electron chi connectivity index (χ1n) is 11.3. The number of carbonyl (C=O) groups is 3. The summed E-state index contributed by atoms with van der Waals surface area (Å²) in [7, 11) is 0. The third-order valence-electron chi connectivity index (χ3n) is 5.79. The number of benzene rings is 3. The summed E-state index contributed by atoms with van der Waals surface area (Å²) in [4.78, 5) is 38.4. The van der Waals surface area contributed by atoms with Crippen molar-refractivity contribution in [3.8, 4) is 0 Å². The number of rotatable bonds is 7. The molecule has 0 aliphatic heterocycles. The molecule has 0 spiro atoms. The molecule has 0 heterocycles. The SMILES string of the molecule is Cc1ccc(C(=O)C(OC(=O)CNC(=O)c2ccc(C(C)(C)C)cc2)c2ccccc2)cc1C. The summed E-state index contributed by atoms with van der Waals surface area (Å²) in [6.07, 6.45) is -1.10. The van der Waals surface area contributed by atoms with Crippen molar-refractivity contribution in [2.45, 2.75) is 46.1 Å². The van der Waals surface area contributed by atoms with Crippen LogP contribution in [0.2, 0.25) is 0 Å². The molecule has 176 valence electrons. The van der Waals surface area contributed by atoms with Crippen LogP contribution in [0.4, 0.5) is 0 Å². The zero-order chi connectivity index (χ0) is 24.9. The molecule has 1 N–H and O–H groups in total. The first kappa shape index (κ1) is 24.9. The first-order chi connectivity index (χ1) is 16.1. The summed E-state index contributed by atoms with van der Waals surface area (Å²) in [5.74, 6) is -1.38.